The van der Waals surface area contributed by atoms with E-state index in [0.29, 0.717) is 0 Å². The Labute approximate surface area is 179 Å². The maximum atomic E-state index is 9.67. The van der Waals surface area contributed by atoms with Gasteiger partial charge in [0.15, 0.2) is 0 Å². The summed E-state index contributed by atoms with van der Waals surface area (Å²) in [7, 11) is -3.67. The highest BCUT2D eigenvalue weighted by Crippen LogP contribution is 2.33. The summed E-state index contributed by atoms with van der Waals surface area (Å²) in [4.78, 5) is 0. The molecule has 0 N–H and O–H groups in total. The van der Waals surface area contributed by atoms with Gasteiger partial charge in [0, 0.05) is 5.56 Å². The summed E-state index contributed by atoms with van der Waals surface area (Å²) in [6.45, 7) is 4.19. The average molecular weight is 424 g/mol. The molecule has 0 spiro atoms. The van der Waals surface area contributed by atoms with Crippen molar-refractivity contribution < 1.29 is 22.1 Å². The van der Waals surface area contributed by atoms with Crippen LogP contribution < -0.4 is 4.70 Å². The van der Waals surface area contributed by atoms with Gasteiger partial charge in [-0.3, -0.25) is 12.9 Å². The van der Waals surface area contributed by atoms with Gasteiger partial charge < -0.3 is 4.70 Å². The fourth-order valence-corrected chi connectivity index (χ4v) is 3.02. The molecule has 158 valence electrons. The fourth-order valence-electron chi connectivity index (χ4n) is 3.02. The van der Waals surface area contributed by atoms with Gasteiger partial charge in [-0.05, 0) is 43.7 Å². The lowest BCUT2D eigenvalue weighted by molar-refractivity contribution is -0.00000932. The van der Waals surface area contributed by atoms with Crippen LogP contribution in [0, 0.1) is 13.8 Å². The first-order valence-electron chi connectivity index (χ1n) is 9.52. The van der Waals surface area contributed by atoms with E-state index in [2.05, 4.69) is 98.8 Å². The van der Waals surface area contributed by atoms with Crippen molar-refractivity contribution in [1.82, 2.24) is 0 Å². The molecule has 0 aliphatic rings. The number of rotatable bonds is 3. The molecule has 1 heterocycles. The Morgan fingerprint density at radius 1 is 0.548 bits per heavy atom. The second-order valence-electron chi connectivity index (χ2n) is 6.92. The summed E-state index contributed by atoms with van der Waals surface area (Å²) in [6, 6.07) is 31.6. The Balaban J connectivity index is 0.000000631. The van der Waals surface area contributed by atoms with Gasteiger partial charge in [0.25, 0.3) is 0 Å². The zero-order valence-electron chi connectivity index (χ0n) is 17.2. The minimum absolute atomic E-state index is 0. The highest BCUT2D eigenvalue weighted by atomic mass is 19.4. The van der Waals surface area contributed by atoms with Crippen molar-refractivity contribution in [3.05, 3.63) is 102 Å². The molecule has 4 aromatic rings. The lowest BCUT2D eigenvalue weighted by Crippen LogP contribution is -3.00. The van der Waals surface area contributed by atoms with E-state index < -0.39 is 7.54 Å². The van der Waals surface area contributed by atoms with Crippen molar-refractivity contribution in [2.75, 3.05) is 0 Å². The minimum Gasteiger partial charge on any atom is -1.00 e. The number of aryl methyl sites for hydroxylation is 2. The molecule has 6 heteroatoms. The zero-order valence-corrected chi connectivity index (χ0v) is 17.2. The van der Waals surface area contributed by atoms with Gasteiger partial charge in [0.2, 0.25) is 0 Å². The van der Waals surface area contributed by atoms with Crippen LogP contribution in [0.1, 0.15) is 11.1 Å². The third-order valence-corrected chi connectivity index (χ3v) is 4.57. The first-order chi connectivity index (χ1) is 14.4. The molecule has 31 heavy (non-hydrogen) atoms. The second kappa shape index (κ2) is 11.1. The van der Waals surface area contributed by atoms with Gasteiger partial charge in [-0.1, -0.05) is 65.7 Å². The van der Waals surface area contributed by atoms with Crippen molar-refractivity contribution in [1.29, 1.82) is 0 Å². The van der Waals surface area contributed by atoms with E-state index in [4.69, 9.17) is 4.42 Å². The highest BCUT2D eigenvalue weighted by molar-refractivity contribution is 6.33. The van der Waals surface area contributed by atoms with E-state index >= 15 is 0 Å². The van der Waals surface area contributed by atoms with Crippen molar-refractivity contribution in [2.45, 2.75) is 13.8 Å². The maximum absolute atomic E-state index is 9.67. The number of halogens is 4. The van der Waals surface area contributed by atoms with E-state index in [1.807, 2.05) is 6.07 Å². The predicted octanol–water partition coefficient (Wildman–Crippen LogP) is 5.06. The van der Waals surface area contributed by atoms with Crippen LogP contribution in [0.5, 0.6) is 0 Å². The summed E-state index contributed by atoms with van der Waals surface area (Å²) in [5, 5.41) is 0. The normalized spacial score (nSPS) is 9.84. The SMILES string of the molecule is Cc1ccc(-c2cc(-c3ccccc3)cc(-c3ccc(C)cc3)[o+]2)cc1.FB(F)F.[F-]. The first-order valence-corrected chi connectivity index (χ1v) is 9.52. The van der Waals surface area contributed by atoms with Gasteiger partial charge in [-0.15, -0.1) is 0 Å². The van der Waals surface area contributed by atoms with E-state index in [1.54, 1.807) is 0 Å². The molecule has 0 bridgehead atoms. The van der Waals surface area contributed by atoms with Crippen molar-refractivity contribution in [2.24, 2.45) is 0 Å². The average Bonchev–Trinajstić information content (AvgIpc) is 2.75. The topological polar surface area (TPSA) is 11.3 Å². The third kappa shape index (κ3) is 6.81. The molecule has 0 saturated heterocycles. The lowest BCUT2D eigenvalue weighted by Gasteiger charge is -2.02. The second-order valence-corrected chi connectivity index (χ2v) is 6.92. The van der Waals surface area contributed by atoms with Gasteiger partial charge in [0.1, 0.15) is 0 Å². The predicted molar refractivity (Wildman–Crippen MR) is 118 cm³/mol. The Hall–Kier alpha value is -3.41. The van der Waals surface area contributed by atoms with Crippen LogP contribution in [0.2, 0.25) is 0 Å². The molecule has 0 saturated carbocycles. The number of benzene rings is 3. The smallest absolute Gasteiger partial charge is 0.762 e. The molecule has 0 fully saturated rings. The molecule has 0 atom stereocenters. The Bertz CT molecular complexity index is 1020. The minimum atomic E-state index is -3.67. The van der Waals surface area contributed by atoms with E-state index in [1.165, 1.54) is 16.7 Å². The van der Waals surface area contributed by atoms with Crippen LogP contribution in [0.3, 0.4) is 0 Å². The largest absolute Gasteiger partial charge is 1.00 e. The molecule has 4 rings (SSSR count). The van der Waals surface area contributed by atoms with Crippen LogP contribution in [-0.4, -0.2) is 7.54 Å². The molecule has 0 radical (unpaired) electrons. The maximum Gasteiger partial charge on any atom is 0.762 e. The summed E-state index contributed by atoms with van der Waals surface area (Å²) >= 11 is 0. The van der Waals surface area contributed by atoms with E-state index in [9.17, 15) is 12.9 Å². The number of hydrogen-bond donors (Lipinski definition) is 0. The van der Waals surface area contributed by atoms with Crippen molar-refractivity contribution in [3.63, 3.8) is 0 Å². The van der Waals surface area contributed by atoms with Crippen LogP contribution in [0.4, 0.5) is 12.9 Å². The Morgan fingerprint density at radius 3 is 1.32 bits per heavy atom. The molecular weight excluding hydrogens is 403 g/mol. The monoisotopic (exact) mass is 424 g/mol. The molecule has 0 aliphatic heterocycles. The van der Waals surface area contributed by atoms with Crippen LogP contribution in [0.25, 0.3) is 33.8 Å². The van der Waals surface area contributed by atoms with Gasteiger partial charge in [-0.2, -0.15) is 0 Å². The Morgan fingerprint density at radius 2 is 0.935 bits per heavy atom. The standard InChI is InChI=1S/C25H21O.BF3.FH/c1-18-8-12-21(13-9-18)24-16-23(20-6-4-3-5-7-20)17-25(26-24)22-14-10-19(2)11-15-22;2-1(3)4;/h3-17H,1-2H3;;1H/q+1;;/p-1. The van der Waals surface area contributed by atoms with Crippen LogP contribution >= 0.6 is 0 Å². The van der Waals surface area contributed by atoms with E-state index in [-0.39, 0.29) is 4.70 Å². The highest BCUT2D eigenvalue weighted by Gasteiger charge is 2.20. The number of hydrogen-bond acceptors (Lipinski definition) is 0. The van der Waals surface area contributed by atoms with Gasteiger partial charge in [0.05, 0.1) is 23.3 Å². The van der Waals surface area contributed by atoms with Crippen LogP contribution in [-0.2, 0) is 0 Å². The lowest BCUT2D eigenvalue weighted by atomic mass is 10.0. The van der Waals surface area contributed by atoms with Crippen molar-refractivity contribution >= 4 is 7.54 Å². The van der Waals surface area contributed by atoms with Gasteiger partial charge >= 0.3 is 19.1 Å². The molecular formula is C25H21BF4O. The quantitative estimate of drug-likeness (QED) is 0.254. The zero-order chi connectivity index (χ0) is 21.5. The molecule has 1 nitrogen and oxygen atoms in total. The molecule has 0 aliphatic carbocycles. The summed E-state index contributed by atoms with van der Waals surface area (Å²) < 4.78 is 35.3. The fraction of sp³-hybridized carbons (Fsp3) is 0.0800. The molecule has 1 aromatic heterocycles. The summed E-state index contributed by atoms with van der Waals surface area (Å²) in [6.07, 6.45) is 0. The Kier molecular flexibility index (Phi) is 8.56. The first kappa shape index (κ1) is 23.9. The molecule has 0 unspecified atom stereocenters. The molecule has 0 amide bonds. The van der Waals surface area contributed by atoms with Gasteiger partial charge in [-0.25, -0.2) is 4.42 Å². The van der Waals surface area contributed by atoms with Crippen molar-refractivity contribution in [3.8, 4) is 33.8 Å². The third-order valence-electron chi connectivity index (χ3n) is 4.57. The summed E-state index contributed by atoms with van der Waals surface area (Å²) in [5.41, 5.74) is 7.00. The van der Waals surface area contributed by atoms with Crippen LogP contribution in [0.15, 0.2) is 95.4 Å². The molecule has 3 aromatic carbocycles. The summed E-state index contributed by atoms with van der Waals surface area (Å²) in [5.74, 6) is 1.75. The van der Waals surface area contributed by atoms with E-state index in [0.717, 1.165) is 28.2 Å².